The molecule has 0 spiro atoms. The molecule has 1 aromatic carbocycles. The van der Waals surface area contributed by atoms with Gasteiger partial charge in [-0.3, -0.25) is 10.1 Å². The van der Waals surface area contributed by atoms with Crippen LogP contribution in [0.2, 0.25) is 0 Å². The van der Waals surface area contributed by atoms with Gasteiger partial charge in [-0.1, -0.05) is 0 Å². The standard InChI is InChI=1S/C13H10F2N4O2/c1-6-7-4-16-5-9(7)18-13(17-6)11-8(14)2-3-10(12(11)15)19(20)21/h2-3,16H,4-5H2,1H3. The molecule has 21 heavy (non-hydrogen) atoms. The lowest BCUT2D eigenvalue weighted by molar-refractivity contribution is -0.387. The molecule has 1 N–H and O–H groups in total. The Morgan fingerprint density at radius 2 is 2.05 bits per heavy atom. The van der Waals surface area contributed by atoms with Gasteiger partial charge in [-0.05, 0) is 13.0 Å². The van der Waals surface area contributed by atoms with Crippen molar-refractivity contribution in [3.8, 4) is 11.4 Å². The maximum atomic E-state index is 14.2. The SMILES string of the molecule is Cc1nc(-c2c(F)ccc([N+](=O)[O-])c2F)nc2c1CNC2. The maximum Gasteiger partial charge on any atom is 0.305 e. The van der Waals surface area contributed by atoms with Crippen LogP contribution in [-0.4, -0.2) is 14.9 Å². The van der Waals surface area contributed by atoms with Crippen molar-refractivity contribution in [1.82, 2.24) is 15.3 Å². The molecule has 6 nitrogen and oxygen atoms in total. The van der Waals surface area contributed by atoms with E-state index in [4.69, 9.17) is 0 Å². The molecule has 1 aliphatic heterocycles. The van der Waals surface area contributed by atoms with E-state index in [9.17, 15) is 18.9 Å². The molecular weight excluding hydrogens is 282 g/mol. The lowest BCUT2D eigenvalue weighted by atomic mass is 10.1. The van der Waals surface area contributed by atoms with E-state index in [1.165, 1.54) is 0 Å². The molecule has 0 saturated heterocycles. The Hall–Kier alpha value is -2.48. The molecule has 0 aliphatic carbocycles. The number of rotatable bonds is 2. The second kappa shape index (κ2) is 4.81. The van der Waals surface area contributed by atoms with Gasteiger partial charge in [-0.15, -0.1) is 0 Å². The molecule has 0 amide bonds. The lowest BCUT2D eigenvalue weighted by Gasteiger charge is -2.08. The fraction of sp³-hybridized carbons (Fsp3) is 0.231. The predicted octanol–water partition coefficient (Wildman–Crippen LogP) is 2.24. The van der Waals surface area contributed by atoms with Gasteiger partial charge in [0, 0.05) is 30.4 Å². The van der Waals surface area contributed by atoms with Crippen molar-refractivity contribution in [3.05, 3.63) is 50.8 Å². The van der Waals surface area contributed by atoms with E-state index in [2.05, 4.69) is 15.3 Å². The van der Waals surface area contributed by atoms with E-state index in [1.54, 1.807) is 6.92 Å². The van der Waals surface area contributed by atoms with Crippen LogP contribution in [0.3, 0.4) is 0 Å². The van der Waals surface area contributed by atoms with Crippen LogP contribution in [0.4, 0.5) is 14.5 Å². The van der Waals surface area contributed by atoms with Crippen LogP contribution in [0.5, 0.6) is 0 Å². The number of hydrogen-bond acceptors (Lipinski definition) is 5. The molecule has 8 heteroatoms. The van der Waals surface area contributed by atoms with Crippen LogP contribution in [0, 0.1) is 28.7 Å². The third kappa shape index (κ3) is 2.13. The van der Waals surface area contributed by atoms with Crippen LogP contribution in [0.15, 0.2) is 12.1 Å². The molecule has 0 saturated carbocycles. The van der Waals surface area contributed by atoms with Crippen molar-refractivity contribution in [2.75, 3.05) is 0 Å². The number of nitrogens with one attached hydrogen (secondary N) is 1. The molecule has 0 bridgehead atoms. The Kier molecular flexibility index (Phi) is 3.09. The first-order valence-corrected chi connectivity index (χ1v) is 6.19. The Bertz CT molecular complexity index is 764. The highest BCUT2D eigenvalue weighted by Crippen LogP contribution is 2.31. The fourth-order valence-electron chi connectivity index (χ4n) is 2.34. The van der Waals surface area contributed by atoms with Crippen molar-refractivity contribution < 1.29 is 13.7 Å². The molecule has 0 unspecified atom stereocenters. The zero-order chi connectivity index (χ0) is 15.1. The minimum absolute atomic E-state index is 0.173. The van der Waals surface area contributed by atoms with Gasteiger partial charge in [0.25, 0.3) is 0 Å². The van der Waals surface area contributed by atoms with Gasteiger partial charge in [-0.25, -0.2) is 14.4 Å². The summed E-state index contributed by atoms with van der Waals surface area (Å²) in [5.74, 6) is -2.36. The van der Waals surface area contributed by atoms with Crippen LogP contribution in [0.1, 0.15) is 17.0 Å². The molecule has 0 fully saturated rings. The van der Waals surface area contributed by atoms with Crippen molar-refractivity contribution in [1.29, 1.82) is 0 Å². The Morgan fingerprint density at radius 1 is 1.29 bits per heavy atom. The number of aryl methyl sites for hydroxylation is 1. The van der Waals surface area contributed by atoms with E-state index in [-0.39, 0.29) is 5.82 Å². The second-order valence-electron chi connectivity index (χ2n) is 4.67. The second-order valence-corrected chi connectivity index (χ2v) is 4.67. The van der Waals surface area contributed by atoms with Gasteiger partial charge >= 0.3 is 5.69 Å². The highest BCUT2D eigenvalue weighted by Gasteiger charge is 2.26. The van der Waals surface area contributed by atoms with E-state index in [1.807, 2.05) is 0 Å². The summed E-state index contributed by atoms with van der Waals surface area (Å²) in [7, 11) is 0. The molecule has 0 atom stereocenters. The quantitative estimate of drug-likeness (QED) is 0.678. The van der Waals surface area contributed by atoms with E-state index >= 15 is 0 Å². The summed E-state index contributed by atoms with van der Waals surface area (Å²) in [4.78, 5) is 18.1. The number of fused-ring (bicyclic) bond motifs is 1. The van der Waals surface area contributed by atoms with Gasteiger partial charge < -0.3 is 5.32 Å². The normalized spacial score (nSPS) is 13.3. The number of benzene rings is 1. The maximum absolute atomic E-state index is 14.2. The zero-order valence-electron chi connectivity index (χ0n) is 11.0. The van der Waals surface area contributed by atoms with Crippen LogP contribution in [-0.2, 0) is 13.1 Å². The van der Waals surface area contributed by atoms with Gasteiger partial charge in [0.05, 0.1) is 16.2 Å². The predicted molar refractivity (Wildman–Crippen MR) is 69.3 cm³/mol. The van der Waals surface area contributed by atoms with Gasteiger partial charge in [0.1, 0.15) is 5.82 Å². The van der Waals surface area contributed by atoms with Crippen molar-refractivity contribution in [2.24, 2.45) is 0 Å². The molecule has 2 heterocycles. The first-order chi connectivity index (χ1) is 9.99. The van der Waals surface area contributed by atoms with E-state index < -0.39 is 27.8 Å². The van der Waals surface area contributed by atoms with Crippen LogP contribution < -0.4 is 5.32 Å². The first kappa shape index (κ1) is 13.5. The average Bonchev–Trinajstić information content (AvgIpc) is 2.87. The molecular formula is C13H10F2N4O2. The minimum Gasteiger partial charge on any atom is -0.307 e. The number of halogens is 2. The van der Waals surface area contributed by atoms with E-state index in [0.717, 1.165) is 17.7 Å². The van der Waals surface area contributed by atoms with Gasteiger partial charge in [0.2, 0.25) is 5.82 Å². The van der Waals surface area contributed by atoms with Gasteiger partial charge in [-0.2, -0.15) is 4.39 Å². The molecule has 2 aromatic rings. The summed E-state index contributed by atoms with van der Waals surface area (Å²) >= 11 is 0. The Morgan fingerprint density at radius 3 is 2.76 bits per heavy atom. The number of nitro groups is 1. The number of nitrogens with zero attached hydrogens (tertiary/aromatic N) is 3. The Labute approximate surface area is 118 Å². The van der Waals surface area contributed by atoms with Crippen LogP contribution >= 0.6 is 0 Å². The third-order valence-corrected chi connectivity index (χ3v) is 3.38. The first-order valence-electron chi connectivity index (χ1n) is 6.19. The highest BCUT2D eigenvalue weighted by atomic mass is 19.1. The molecule has 0 radical (unpaired) electrons. The summed E-state index contributed by atoms with van der Waals surface area (Å²) in [5, 5.41) is 13.8. The number of hydrogen-bond donors (Lipinski definition) is 1. The third-order valence-electron chi connectivity index (χ3n) is 3.38. The lowest BCUT2D eigenvalue weighted by Crippen LogP contribution is -2.04. The van der Waals surface area contributed by atoms with Gasteiger partial charge in [0.15, 0.2) is 5.82 Å². The molecule has 3 rings (SSSR count). The monoisotopic (exact) mass is 292 g/mol. The molecule has 1 aromatic heterocycles. The molecule has 1 aliphatic rings. The molecule has 108 valence electrons. The van der Waals surface area contributed by atoms with Crippen LogP contribution in [0.25, 0.3) is 11.4 Å². The largest absolute Gasteiger partial charge is 0.307 e. The average molecular weight is 292 g/mol. The van der Waals surface area contributed by atoms with Crippen molar-refractivity contribution in [2.45, 2.75) is 20.0 Å². The van der Waals surface area contributed by atoms with Crippen molar-refractivity contribution >= 4 is 5.69 Å². The Balaban J connectivity index is 2.24. The zero-order valence-corrected chi connectivity index (χ0v) is 11.0. The smallest absolute Gasteiger partial charge is 0.305 e. The fourth-order valence-corrected chi connectivity index (χ4v) is 2.34. The minimum atomic E-state index is -1.26. The number of nitro benzene ring substituents is 1. The summed E-state index contributed by atoms with van der Waals surface area (Å²) < 4.78 is 28.1. The van der Waals surface area contributed by atoms with Crippen molar-refractivity contribution in [3.63, 3.8) is 0 Å². The highest BCUT2D eigenvalue weighted by molar-refractivity contribution is 5.62. The summed E-state index contributed by atoms with van der Waals surface area (Å²) in [6.45, 7) is 2.79. The topological polar surface area (TPSA) is 81.0 Å². The number of aromatic nitrogens is 2. The summed E-state index contributed by atoms with van der Waals surface area (Å²) in [6, 6.07) is 1.64. The summed E-state index contributed by atoms with van der Waals surface area (Å²) in [6.07, 6.45) is 0. The van der Waals surface area contributed by atoms with E-state index in [0.29, 0.717) is 24.5 Å². The summed E-state index contributed by atoms with van der Waals surface area (Å²) in [5.41, 5.74) is 0.784.